The second kappa shape index (κ2) is 10.5. The maximum absolute atomic E-state index is 12.2. The molecule has 3 N–H and O–H groups in total. The minimum absolute atomic E-state index is 0.0825. The van der Waals surface area contributed by atoms with Crippen LogP contribution in [0.25, 0.3) is 0 Å². The minimum atomic E-state index is -5.08. The Labute approximate surface area is 164 Å². The van der Waals surface area contributed by atoms with Crippen molar-refractivity contribution < 1.29 is 32.7 Å². The van der Waals surface area contributed by atoms with Gasteiger partial charge in [-0.1, -0.05) is 0 Å². The molecule has 0 aromatic carbocycles. The fraction of sp³-hybridized carbons (Fsp3) is 0.733. The summed E-state index contributed by atoms with van der Waals surface area (Å²) >= 11 is 1.59. The molecule has 0 saturated carbocycles. The molecule has 0 unspecified atom stereocenters. The number of hydrazine groups is 1. The van der Waals surface area contributed by atoms with E-state index in [2.05, 4.69) is 6.07 Å². The first kappa shape index (κ1) is 24.0. The second-order valence-corrected chi connectivity index (χ2v) is 7.22. The molecule has 2 aliphatic heterocycles. The number of carbonyl (C=O) groups is 3. The Morgan fingerprint density at radius 3 is 2.29 bits per heavy atom. The lowest BCUT2D eigenvalue weighted by atomic mass is 10.0. The fourth-order valence-corrected chi connectivity index (χ4v) is 3.79. The highest BCUT2D eigenvalue weighted by Gasteiger charge is 2.38. The maximum Gasteiger partial charge on any atom is 0.490 e. The molecule has 2 fully saturated rings. The van der Waals surface area contributed by atoms with Crippen LogP contribution in [0, 0.1) is 11.3 Å². The molecule has 0 aliphatic carbocycles. The molecule has 2 rings (SSSR count). The first-order chi connectivity index (χ1) is 13.0. The summed E-state index contributed by atoms with van der Waals surface area (Å²) in [6, 6.07) is 1.92. The van der Waals surface area contributed by atoms with Crippen LogP contribution in [-0.4, -0.2) is 87.2 Å². The predicted octanol–water partition coefficient (Wildman–Crippen LogP) is 0.231. The molecular formula is C15H22F3N5O4S. The van der Waals surface area contributed by atoms with Gasteiger partial charge in [0.1, 0.15) is 6.04 Å². The van der Waals surface area contributed by atoms with Gasteiger partial charge in [0.05, 0.1) is 18.5 Å². The first-order valence-corrected chi connectivity index (χ1v) is 9.46. The average Bonchev–Trinajstić information content (AvgIpc) is 3.10. The van der Waals surface area contributed by atoms with E-state index in [9.17, 15) is 22.8 Å². The lowest BCUT2D eigenvalue weighted by Gasteiger charge is -2.36. The molecule has 0 aromatic heterocycles. The van der Waals surface area contributed by atoms with E-state index in [-0.39, 0.29) is 30.4 Å². The lowest BCUT2D eigenvalue weighted by molar-refractivity contribution is -0.192. The third-order valence-corrected chi connectivity index (χ3v) is 5.30. The summed E-state index contributed by atoms with van der Waals surface area (Å²) in [5, 5.41) is 17.7. The number of carboxylic acids is 1. The summed E-state index contributed by atoms with van der Waals surface area (Å²) in [7, 11) is 0. The maximum atomic E-state index is 12.2. The zero-order valence-electron chi connectivity index (χ0n) is 15.2. The monoisotopic (exact) mass is 425 g/mol. The summed E-state index contributed by atoms with van der Waals surface area (Å²) < 4.78 is 31.7. The molecule has 1 atom stereocenters. The Balaban J connectivity index is 0.000000480. The average molecular weight is 425 g/mol. The van der Waals surface area contributed by atoms with Crippen molar-refractivity contribution in [1.82, 2.24) is 14.8 Å². The van der Waals surface area contributed by atoms with Gasteiger partial charge in [0, 0.05) is 31.8 Å². The number of hydrogen-bond acceptors (Lipinski definition) is 7. The molecule has 28 heavy (non-hydrogen) atoms. The lowest BCUT2D eigenvalue weighted by Crippen LogP contribution is -2.53. The number of amides is 2. The Hall–Kier alpha value is -2.04. The molecule has 2 aliphatic rings. The van der Waals surface area contributed by atoms with E-state index < -0.39 is 12.1 Å². The van der Waals surface area contributed by atoms with Crippen molar-refractivity contribution in [2.45, 2.75) is 38.0 Å². The fourth-order valence-electron chi connectivity index (χ4n) is 2.68. The van der Waals surface area contributed by atoms with E-state index >= 15 is 0 Å². The predicted molar refractivity (Wildman–Crippen MR) is 93.4 cm³/mol. The smallest absolute Gasteiger partial charge is 0.475 e. The molecule has 13 heteroatoms. The van der Waals surface area contributed by atoms with Crippen LogP contribution in [0.15, 0.2) is 0 Å². The third-order valence-electron chi connectivity index (χ3n) is 4.29. The molecular weight excluding hydrogens is 403 g/mol. The van der Waals surface area contributed by atoms with Crippen molar-refractivity contribution in [1.29, 1.82) is 5.26 Å². The molecule has 2 heterocycles. The summed E-state index contributed by atoms with van der Waals surface area (Å²) in [6.07, 6.45) is -3.53. The van der Waals surface area contributed by atoms with Crippen molar-refractivity contribution in [3.63, 3.8) is 0 Å². The Morgan fingerprint density at radius 2 is 1.86 bits per heavy atom. The highest BCUT2D eigenvalue weighted by Crippen LogP contribution is 2.21. The number of carbonyl (C=O) groups excluding carboxylic acids is 2. The van der Waals surface area contributed by atoms with Crippen LogP contribution in [0.2, 0.25) is 0 Å². The Bertz CT molecular complexity index is 620. The van der Waals surface area contributed by atoms with E-state index in [1.807, 2.05) is 0 Å². The number of likely N-dealkylation sites (tertiary alicyclic amines) is 1. The van der Waals surface area contributed by atoms with Gasteiger partial charge in [0.25, 0.3) is 0 Å². The number of nitriles is 1. The van der Waals surface area contributed by atoms with Crippen LogP contribution in [0.3, 0.4) is 0 Å². The number of piperidine rings is 1. The summed E-state index contributed by atoms with van der Waals surface area (Å²) in [5.41, 5.74) is 0. The van der Waals surface area contributed by atoms with Gasteiger partial charge >= 0.3 is 12.1 Å². The number of thioether (sulfide) groups is 1. The SMILES string of the molecule is CC(=O)N1CCC(N(N)CC(=O)N2CSC[C@H]2C#N)CC1.O=C(O)C(F)(F)F. The van der Waals surface area contributed by atoms with Crippen LogP contribution in [0.1, 0.15) is 19.8 Å². The molecule has 0 spiro atoms. The Kier molecular flexibility index (Phi) is 8.99. The number of nitrogens with zero attached hydrogens (tertiary/aromatic N) is 4. The van der Waals surface area contributed by atoms with Gasteiger partial charge in [-0.2, -0.15) is 18.4 Å². The summed E-state index contributed by atoms with van der Waals surface area (Å²) in [4.78, 5) is 35.8. The second-order valence-electron chi connectivity index (χ2n) is 6.22. The van der Waals surface area contributed by atoms with Crippen LogP contribution in [0.4, 0.5) is 13.2 Å². The van der Waals surface area contributed by atoms with Crippen LogP contribution in [0.5, 0.6) is 0 Å². The van der Waals surface area contributed by atoms with Crippen LogP contribution < -0.4 is 5.84 Å². The topological polar surface area (TPSA) is 131 Å². The number of nitrogens with two attached hydrogens (primary N) is 1. The third kappa shape index (κ3) is 7.17. The van der Waals surface area contributed by atoms with Gasteiger partial charge in [-0.25, -0.2) is 9.80 Å². The van der Waals surface area contributed by atoms with Crippen molar-refractivity contribution >= 4 is 29.5 Å². The number of halogens is 3. The van der Waals surface area contributed by atoms with Gasteiger partial charge in [-0.05, 0) is 12.8 Å². The molecule has 0 bridgehead atoms. The number of hydrogen-bond donors (Lipinski definition) is 2. The van der Waals surface area contributed by atoms with Gasteiger partial charge in [0.15, 0.2) is 0 Å². The minimum Gasteiger partial charge on any atom is -0.475 e. The van der Waals surface area contributed by atoms with Crippen molar-refractivity contribution in [3.05, 3.63) is 0 Å². The number of aliphatic carboxylic acids is 1. The standard InChI is InChI=1S/C13H21N5O2S.C2HF3O2/c1-10(19)16-4-2-11(3-5-16)18(15)7-13(20)17-9-21-8-12(17)6-14;3-2(4,5)1(6)7/h11-12H,2-5,7-9,15H2,1H3;(H,6,7)/t12-;/m1./s1. The van der Waals surface area contributed by atoms with Crippen molar-refractivity contribution in [2.24, 2.45) is 5.84 Å². The molecule has 0 radical (unpaired) electrons. The summed E-state index contributed by atoms with van der Waals surface area (Å²) in [5.74, 6) is 4.48. The summed E-state index contributed by atoms with van der Waals surface area (Å²) in [6.45, 7) is 3.06. The van der Waals surface area contributed by atoms with E-state index in [4.69, 9.17) is 21.0 Å². The zero-order chi connectivity index (χ0) is 21.5. The number of rotatable bonds is 3. The Morgan fingerprint density at radius 1 is 1.32 bits per heavy atom. The highest BCUT2D eigenvalue weighted by molar-refractivity contribution is 7.99. The molecule has 2 saturated heterocycles. The first-order valence-electron chi connectivity index (χ1n) is 8.31. The van der Waals surface area contributed by atoms with Gasteiger partial charge in [-0.15, -0.1) is 11.8 Å². The normalized spacial score (nSPS) is 20.4. The molecule has 158 valence electrons. The van der Waals surface area contributed by atoms with E-state index in [0.29, 0.717) is 24.7 Å². The highest BCUT2D eigenvalue weighted by atomic mass is 32.2. The van der Waals surface area contributed by atoms with E-state index in [1.54, 1.807) is 33.5 Å². The number of alkyl halides is 3. The van der Waals surface area contributed by atoms with Gasteiger partial charge < -0.3 is 14.9 Å². The van der Waals surface area contributed by atoms with Crippen molar-refractivity contribution in [2.75, 3.05) is 31.3 Å². The van der Waals surface area contributed by atoms with Gasteiger partial charge in [-0.3, -0.25) is 15.4 Å². The van der Waals surface area contributed by atoms with Crippen LogP contribution >= 0.6 is 11.8 Å². The largest absolute Gasteiger partial charge is 0.490 e. The van der Waals surface area contributed by atoms with E-state index in [1.165, 1.54) is 0 Å². The quantitative estimate of drug-likeness (QED) is 0.485. The molecule has 9 nitrogen and oxygen atoms in total. The van der Waals surface area contributed by atoms with Crippen LogP contribution in [-0.2, 0) is 14.4 Å². The van der Waals surface area contributed by atoms with Crippen molar-refractivity contribution in [3.8, 4) is 6.07 Å². The van der Waals surface area contributed by atoms with E-state index in [0.717, 1.165) is 12.8 Å². The molecule has 0 aromatic rings. The van der Waals surface area contributed by atoms with Gasteiger partial charge in [0.2, 0.25) is 11.8 Å². The zero-order valence-corrected chi connectivity index (χ0v) is 16.0. The molecule has 2 amide bonds. The number of carboxylic acid groups (broad SMARTS) is 1.